The quantitative estimate of drug-likeness (QED) is 0.690. The highest BCUT2D eigenvalue weighted by Gasteiger charge is 2.01. The highest BCUT2D eigenvalue weighted by atomic mass is 15.3. The lowest BCUT2D eigenvalue weighted by molar-refractivity contribution is 0.775. The Kier molecular flexibility index (Phi) is 1.98. The molecule has 2 aromatic heterocycles. The van der Waals surface area contributed by atoms with E-state index in [0.29, 0.717) is 5.95 Å². The van der Waals surface area contributed by atoms with Crippen molar-refractivity contribution >= 4 is 17.7 Å². The van der Waals surface area contributed by atoms with Crippen LogP contribution in [-0.2, 0) is 7.05 Å². The minimum atomic E-state index is 0.185. The number of nitrogen functional groups attached to an aromatic ring is 1. The summed E-state index contributed by atoms with van der Waals surface area (Å²) in [4.78, 5) is 11.5. The van der Waals surface area contributed by atoms with Crippen molar-refractivity contribution in [2.24, 2.45) is 7.05 Å². The van der Waals surface area contributed by atoms with Crippen LogP contribution in [0.15, 0.2) is 18.6 Å². The molecule has 0 bridgehead atoms. The van der Waals surface area contributed by atoms with E-state index < -0.39 is 0 Å². The first kappa shape index (κ1) is 8.42. The highest BCUT2D eigenvalue weighted by Crippen LogP contribution is 2.09. The Morgan fingerprint density at radius 1 is 1.43 bits per heavy atom. The first-order chi connectivity index (χ1) is 6.75. The van der Waals surface area contributed by atoms with Crippen molar-refractivity contribution in [3.63, 3.8) is 0 Å². The van der Waals surface area contributed by atoms with E-state index in [1.165, 1.54) is 6.33 Å². The predicted molar refractivity (Wildman–Crippen MR) is 50.7 cm³/mol. The summed E-state index contributed by atoms with van der Waals surface area (Å²) in [7, 11) is 1.81. The Morgan fingerprint density at radius 3 is 2.93 bits per heavy atom. The molecule has 2 rings (SSSR count). The molecule has 2 heterocycles. The number of nitrogens with zero attached hydrogens (tertiary/aromatic N) is 5. The predicted octanol–water partition coefficient (Wildman–Crippen LogP) is -0.0691. The monoisotopic (exact) mass is 191 g/mol. The summed E-state index contributed by atoms with van der Waals surface area (Å²) >= 11 is 0. The SMILES string of the molecule is Cn1nccc1Nc1ncnc(N)n1. The lowest BCUT2D eigenvalue weighted by atomic mass is 10.6. The van der Waals surface area contributed by atoms with E-state index in [9.17, 15) is 0 Å². The van der Waals surface area contributed by atoms with Crippen LogP contribution in [0.4, 0.5) is 17.7 Å². The van der Waals surface area contributed by atoms with Crippen molar-refractivity contribution in [3.8, 4) is 0 Å². The van der Waals surface area contributed by atoms with E-state index >= 15 is 0 Å². The minimum Gasteiger partial charge on any atom is -0.368 e. The molecule has 0 amide bonds. The molecule has 0 aliphatic carbocycles. The second-order valence-corrected chi connectivity index (χ2v) is 2.63. The molecule has 0 fully saturated rings. The van der Waals surface area contributed by atoms with Crippen molar-refractivity contribution < 1.29 is 0 Å². The van der Waals surface area contributed by atoms with Crippen molar-refractivity contribution in [2.45, 2.75) is 0 Å². The molecule has 0 aliphatic heterocycles. The van der Waals surface area contributed by atoms with Gasteiger partial charge in [-0.2, -0.15) is 10.1 Å². The molecular weight excluding hydrogens is 182 g/mol. The normalized spacial score (nSPS) is 10.1. The highest BCUT2D eigenvalue weighted by molar-refractivity contribution is 5.47. The third-order valence-electron chi connectivity index (χ3n) is 1.65. The van der Waals surface area contributed by atoms with Gasteiger partial charge in [-0.15, -0.1) is 0 Å². The van der Waals surface area contributed by atoms with Gasteiger partial charge >= 0.3 is 0 Å². The van der Waals surface area contributed by atoms with Gasteiger partial charge in [-0.3, -0.25) is 4.68 Å². The van der Waals surface area contributed by atoms with Crippen LogP contribution in [0.25, 0.3) is 0 Å². The summed E-state index contributed by atoms with van der Waals surface area (Å²) in [5, 5.41) is 6.94. The van der Waals surface area contributed by atoms with Gasteiger partial charge in [0.1, 0.15) is 12.1 Å². The summed E-state index contributed by atoms with van der Waals surface area (Å²) in [6, 6.07) is 1.81. The Balaban J connectivity index is 2.23. The van der Waals surface area contributed by atoms with Crippen molar-refractivity contribution in [1.82, 2.24) is 24.7 Å². The van der Waals surface area contributed by atoms with Crippen LogP contribution in [0, 0.1) is 0 Å². The fraction of sp³-hybridized carbons (Fsp3) is 0.143. The molecule has 0 atom stereocenters. The third-order valence-corrected chi connectivity index (χ3v) is 1.65. The van der Waals surface area contributed by atoms with Crippen LogP contribution in [0.1, 0.15) is 0 Å². The molecule has 0 saturated carbocycles. The maximum absolute atomic E-state index is 5.40. The second-order valence-electron chi connectivity index (χ2n) is 2.63. The number of nitrogens with two attached hydrogens (primary N) is 1. The maximum atomic E-state index is 5.40. The molecule has 0 radical (unpaired) electrons. The Hall–Kier alpha value is -2.18. The molecule has 7 nitrogen and oxygen atoms in total. The van der Waals surface area contributed by atoms with E-state index in [1.54, 1.807) is 16.9 Å². The van der Waals surface area contributed by atoms with Crippen LogP contribution in [0.2, 0.25) is 0 Å². The molecule has 3 N–H and O–H groups in total. The molecule has 0 aliphatic rings. The van der Waals surface area contributed by atoms with Crippen molar-refractivity contribution in [3.05, 3.63) is 18.6 Å². The fourth-order valence-electron chi connectivity index (χ4n) is 0.980. The van der Waals surface area contributed by atoms with E-state index in [0.717, 1.165) is 5.82 Å². The molecule has 72 valence electrons. The summed E-state index contributed by atoms with van der Waals surface area (Å²) in [6.45, 7) is 0. The zero-order valence-corrected chi connectivity index (χ0v) is 7.55. The topological polar surface area (TPSA) is 94.5 Å². The average Bonchev–Trinajstić information content (AvgIpc) is 2.52. The van der Waals surface area contributed by atoms with Gasteiger partial charge in [0.05, 0.1) is 6.20 Å². The molecular formula is C7H9N7. The number of aromatic nitrogens is 5. The number of hydrogen-bond donors (Lipinski definition) is 2. The van der Waals surface area contributed by atoms with Gasteiger partial charge in [-0.25, -0.2) is 9.97 Å². The van der Waals surface area contributed by atoms with Crippen molar-refractivity contribution in [2.75, 3.05) is 11.1 Å². The minimum absolute atomic E-state index is 0.185. The van der Waals surface area contributed by atoms with E-state index in [4.69, 9.17) is 5.73 Å². The molecule has 0 aromatic carbocycles. The van der Waals surface area contributed by atoms with Gasteiger partial charge in [-0.1, -0.05) is 0 Å². The average molecular weight is 191 g/mol. The first-order valence-corrected chi connectivity index (χ1v) is 3.95. The maximum Gasteiger partial charge on any atom is 0.233 e. The van der Waals surface area contributed by atoms with E-state index in [1.807, 2.05) is 7.05 Å². The summed E-state index contributed by atoms with van der Waals surface area (Å²) in [6.07, 6.45) is 3.02. The zero-order valence-electron chi connectivity index (χ0n) is 7.55. The Labute approximate surface area is 80.0 Å². The van der Waals surface area contributed by atoms with Crippen LogP contribution < -0.4 is 11.1 Å². The number of nitrogens with one attached hydrogen (secondary N) is 1. The van der Waals surface area contributed by atoms with Crippen LogP contribution >= 0.6 is 0 Å². The second kappa shape index (κ2) is 3.29. The van der Waals surface area contributed by atoms with E-state index in [-0.39, 0.29) is 5.95 Å². The van der Waals surface area contributed by atoms with Gasteiger partial charge in [-0.05, 0) is 0 Å². The Bertz CT molecular complexity index is 435. The molecule has 14 heavy (non-hydrogen) atoms. The van der Waals surface area contributed by atoms with Crippen LogP contribution in [-0.4, -0.2) is 24.7 Å². The molecule has 0 saturated heterocycles. The molecule has 0 unspecified atom stereocenters. The van der Waals surface area contributed by atoms with Gasteiger partial charge in [0, 0.05) is 13.1 Å². The van der Waals surface area contributed by atoms with Gasteiger partial charge in [0.2, 0.25) is 11.9 Å². The molecule has 0 spiro atoms. The van der Waals surface area contributed by atoms with Crippen molar-refractivity contribution in [1.29, 1.82) is 0 Å². The van der Waals surface area contributed by atoms with Gasteiger partial charge < -0.3 is 11.1 Å². The lowest BCUT2D eigenvalue weighted by Crippen LogP contribution is -2.04. The number of rotatable bonds is 2. The molecule has 2 aromatic rings. The number of hydrogen-bond acceptors (Lipinski definition) is 6. The Morgan fingerprint density at radius 2 is 2.29 bits per heavy atom. The number of aryl methyl sites for hydroxylation is 1. The van der Waals surface area contributed by atoms with Gasteiger partial charge in [0.15, 0.2) is 0 Å². The van der Waals surface area contributed by atoms with E-state index in [2.05, 4.69) is 25.4 Å². The summed E-state index contributed by atoms with van der Waals surface area (Å²) in [5.74, 6) is 1.38. The van der Waals surface area contributed by atoms with Gasteiger partial charge in [0.25, 0.3) is 0 Å². The zero-order chi connectivity index (χ0) is 9.97. The third kappa shape index (κ3) is 1.60. The molecule has 7 heteroatoms. The largest absolute Gasteiger partial charge is 0.368 e. The summed E-state index contributed by atoms with van der Waals surface area (Å²) < 4.78 is 1.67. The smallest absolute Gasteiger partial charge is 0.233 e. The fourth-order valence-corrected chi connectivity index (χ4v) is 0.980. The standard InChI is InChI=1S/C7H9N7/c1-14-5(2-3-11-14)12-7-10-4-9-6(8)13-7/h2-4H,1H3,(H3,8,9,10,12,13). The van der Waals surface area contributed by atoms with Crippen LogP contribution in [0.5, 0.6) is 0 Å². The summed E-state index contributed by atoms with van der Waals surface area (Å²) in [5.41, 5.74) is 5.40. The lowest BCUT2D eigenvalue weighted by Gasteiger charge is -2.03. The number of anilines is 3. The first-order valence-electron chi connectivity index (χ1n) is 3.95. The van der Waals surface area contributed by atoms with Crippen LogP contribution in [0.3, 0.4) is 0 Å².